The molecular formula is C16H24N2O3. The van der Waals surface area contributed by atoms with Gasteiger partial charge in [0.2, 0.25) is 5.91 Å². The molecule has 2 rings (SSSR count). The summed E-state index contributed by atoms with van der Waals surface area (Å²) in [5.41, 5.74) is 6.92. The molecule has 3 unspecified atom stereocenters. The van der Waals surface area contributed by atoms with Crippen molar-refractivity contribution in [2.45, 2.75) is 38.3 Å². The Labute approximate surface area is 125 Å². The van der Waals surface area contributed by atoms with Crippen LogP contribution in [-0.4, -0.2) is 26.2 Å². The van der Waals surface area contributed by atoms with Crippen LogP contribution in [0.3, 0.4) is 0 Å². The van der Waals surface area contributed by atoms with Gasteiger partial charge in [0.15, 0.2) is 0 Å². The summed E-state index contributed by atoms with van der Waals surface area (Å²) < 4.78 is 10.6. The van der Waals surface area contributed by atoms with Crippen molar-refractivity contribution in [3.8, 4) is 11.5 Å². The Kier molecular flexibility index (Phi) is 5.07. The summed E-state index contributed by atoms with van der Waals surface area (Å²) in [6, 6.07) is 5.44. The predicted molar refractivity (Wildman–Crippen MR) is 81.4 cm³/mol. The molecule has 1 aliphatic rings. The van der Waals surface area contributed by atoms with E-state index < -0.39 is 0 Å². The van der Waals surface area contributed by atoms with Crippen molar-refractivity contribution in [3.05, 3.63) is 23.8 Å². The first-order chi connectivity index (χ1) is 10.1. The standard InChI is InChI=1S/C16H24N2O3/c1-10(18-16(19)13-5-4-6-14(13)17)12-8-7-11(20-2)9-15(12)21-3/h7-10,13-14H,4-6,17H2,1-3H3,(H,18,19). The minimum absolute atomic E-state index is 0.0186. The fourth-order valence-corrected chi connectivity index (χ4v) is 2.89. The number of nitrogens with two attached hydrogens (primary N) is 1. The number of ether oxygens (including phenoxy) is 2. The molecule has 0 aliphatic heterocycles. The Morgan fingerprint density at radius 2 is 2.10 bits per heavy atom. The van der Waals surface area contributed by atoms with Gasteiger partial charge >= 0.3 is 0 Å². The van der Waals surface area contributed by atoms with Gasteiger partial charge in [-0.05, 0) is 31.9 Å². The zero-order valence-corrected chi connectivity index (χ0v) is 12.9. The van der Waals surface area contributed by atoms with Gasteiger partial charge in [0.1, 0.15) is 11.5 Å². The molecule has 0 bridgehead atoms. The van der Waals surface area contributed by atoms with E-state index in [1.54, 1.807) is 14.2 Å². The second-order valence-corrected chi connectivity index (χ2v) is 5.54. The molecule has 1 aliphatic carbocycles. The molecule has 0 saturated heterocycles. The number of hydrogen-bond acceptors (Lipinski definition) is 4. The number of amides is 1. The molecule has 0 radical (unpaired) electrons. The molecular weight excluding hydrogens is 268 g/mol. The van der Waals surface area contributed by atoms with E-state index in [-0.39, 0.29) is 23.9 Å². The highest BCUT2D eigenvalue weighted by Crippen LogP contribution is 2.30. The molecule has 1 amide bonds. The molecule has 116 valence electrons. The molecule has 1 aromatic carbocycles. The van der Waals surface area contributed by atoms with Crippen molar-refractivity contribution >= 4 is 5.91 Å². The number of carbonyl (C=O) groups excluding carboxylic acids is 1. The summed E-state index contributed by atoms with van der Waals surface area (Å²) >= 11 is 0. The quantitative estimate of drug-likeness (QED) is 0.870. The molecule has 0 spiro atoms. The maximum atomic E-state index is 12.3. The van der Waals surface area contributed by atoms with Gasteiger partial charge in [0.05, 0.1) is 26.2 Å². The number of rotatable bonds is 5. The zero-order chi connectivity index (χ0) is 15.4. The van der Waals surface area contributed by atoms with Crippen LogP contribution in [0.25, 0.3) is 0 Å². The normalized spacial score (nSPS) is 22.7. The number of methoxy groups -OCH3 is 2. The van der Waals surface area contributed by atoms with Crippen molar-refractivity contribution in [3.63, 3.8) is 0 Å². The lowest BCUT2D eigenvalue weighted by molar-refractivity contribution is -0.125. The fraction of sp³-hybridized carbons (Fsp3) is 0.562. The Bertz CT molecular complexity index is 504. The second-order valence-electron chi connectivity index (χ2n) is 5.54. The van der Waals surface area contributed by atoms with E-state index in [1.165, 1.54) is 0 Å². The maximum absolute atomic E-state index is 12.3. The van der Waals surface area contributed by atoms with Crippen LogP contribution in [0.1, 0.15) is 37.8 Å². The number of carbonyl (C=O) groups is 1. The van der Waals surface area contributed by atoms with Crippen molar-refractivity contribution in [2.24, 2.45) is 11.7 Å². The zero-order valence-electron chi connectivity index (χ0n) is 12.9. The molecule has 3 atom stereocenters. The van der Waals surface area contributed by atoms with Crippen LogP contribution in [0, 0.1) is 5.92 Å². The number of benzene rings is 1. The molecule has 5 nitrogen and oxygen atoms in total. The van der Waals surface area contributed by atoms with Crippen LogP contribution in [0.5, 0.6) is 11.5 Å². The molecule has 1 aromatic rings. The Hall–Kier alpha value is -1.75. The Morgan fingerprint density at radius 3 is 2.67 bits per heavy atom. The van der Waals surface area contributed by atoms with Crippen LogP contribution in [0.15, 0.2) is 18.2 Å². The third kappa shape index (κ3) is 3.47. The highest BCUT2D eigenvalue weighted by molar-refractivity contribution is 5.80. The summed E-state index contributed by atoms with van der Waals surface area (Å²) in [5, 5.41) is 3.04. The average molecular weight is 292 g/mol. The van der Waals surface area contributed by atoms with Crippen molar-refractivity contribution in [2.75, 3.05) is 14.2 Å². The van der Waals surface area contributed by atoms with Crippen molar-refractivity contribution in [1.82, 2.24) is 5.32 Å². The third-order valence-electron chi connectivity index (χ3n) is 4.17. The van der Waals surface area contributed by atoms with Crippen LogP contribution < -0.4 is 20.5 Å². The van der Waals surface area contributed by atoms with E-state index in [2.05, 4.69) is 5.32 Å². The predicted octanol–water partition coefficient (Wildman–Crippen LogP) is 2.01. The van der Waals surface area contributed by atoms with Gasteiger partial charge in [0.25, 0.3) is 0 Å². The second kappa shape index (κ2) is 6.80. The van der Waals surface area contributed by atoms with Crippen molar-refractivity contribution < 1.29 is 14.3 Å². The van der Waals surface area contributed by atoms with E-state index in [9.17, 15) is 4.79 Å². The van der Waals surface area contributed by atoms with Crippen LogP contribution in [-0.2, 0) is 4.79 Å². The first kappa shape index (κ1) is 15.6. The van der Waals surface area contributed by atoms with E-state index in [1.807, 2.05) is 25.1 Å². The minimum atomic E-state index is -0.133. The smallest absolute Gasteiger partial charge is 0.225 e. The van der Waals surface area contributed by atoms with Crippen LogP contribution >= 0.6 is 0 Å². The molecule has 3 N–H and O–H groups in total. The summed E-state index contributed by atoms with van der Waals surface area (Å²) in [5.74, 6) is 1.40. The van der Waals surface area contributed by atoms with Gasteiger partial charge < -0.3 is 20.5 Å². The number of hydrogen-bond donors (Lipinski definition) is 2. The molecule has 0 aromatic heterocycles. The van der Waals surface area contributed by atoms with E-state index in [4.69, 9.17) is 15.2 Å². The fourth-order valence-electron chi connectivity index (χ4n) is 2.89. The van der Waals surface area contributed by atoms with Gasteiger partial charge in [-0.25, -0.2) is 0 Å². The van der Waals surface area contributed by atoms with Gasteiger partial charge in [-0.2, -0.15) is 0 Å². The lowest BCUT2D eigenvalue weighted by Crippen LogP contribution is -2.39. The Balaban J connectivity index is 2.09. The maximum Gasteiger partial charge on any atom is 0.225 e. The molecule has 21 heavy (non-hydrogen) atoms. The first-order valence-corrected chi connectivity index (χ1v) is 7.34. The number of nitrogens with one attached hydrogen (secondary N) is 1. The lowest BCUT2D eigenvalue weighted by Gasteiger charge is -2.21. The summed E-state index contributed by atoms with van der Waals surface area (Å²) in [6.07, 6.45) is 2.83. The summed E-state index contributed by atoms with van der Waals surface area (Å²) in [4.78, 5) is 12.3. The van der Waals surface area contributed by atoms with Crippen LogP contribution in [0.4, 0.5) is 0 Å². The van der Waals surface area contributed by atoms with Crippen LogP contribution in [0.2, 0.25) is 0 Å². The first-order valence-electron chi connectivity index (χ1n) is 7.34. The molecule has 1 fully saturated rings. The molecule has 1 saturated carbocycles. The van der Waals surface area contributed by atoms with Gasteiger partial charge in [0, 0.05) is 17.7 Å². The minimum Gasteiger partial charge on any atom is -0.497 e. The largest absolute Gasteiger partial charge is 0.497 e. The SMILES string of the molecule is COc1ccc(C(C)NC(=O)C2CCCC2N)c(OC)c1. The highest BCUT2D eigenvalue weighted by Gasteiger charge is 2.31. The molecule has 0 heterocycles. The van der Waals surface area contributed by atoms with Gasteiger partial charge in [-0.15, -0.1) is 0 Å². The third-order valence-corrected chi connectivity index (χ3v) is 4.17. The average Bonchev–Trinajstić information content (AvgIpc) is 2.92. The van der Waals surface area contributed by atoms with E-state index in [0.717, 1.165) is 30.6 Å². The van der Waals surface area contributed by atoms with Gasteiger partial charge in [-0.1, -0.05) is 6.42 Å². The van der Waals surface area contributed by atoms with E-state index in [0.29, 0.717) is 5.75 Å². The molecule has 5 heteroatoms. The highest BCUT2D eigenvalue weighted by atomic mass is 16.5. The summed E-state index contributed by atoms with van der Waals surface area (Å²) in [6.45, 7) is 1.95. The van der Waals surface area contributed by atoms with E-state index >= 15 is 0 Å². The monoisotopic (exact) mass is 292 g/mol. The Morgan fingerprint density at radius 1 is 1.33 bits per heavy atom. The topological polar surface area (TPSA) is 73.6 Å². The lowest BCUT2D eigenvalue weighted by atomic mass is 10.0. The summed E-state index contributed by atoms with van der Waals surface area (Å²) in [7, 11) is 3.22. The van der Waals surface area contributed by atoms with Crippen molar-refractivity contribution in [1.29, 1.82) is 0 Å². The van der Waals surface area contributed by atoms with Gasteiger partial charge in [-0.3, -0.25) is 4.79 Å².